The summed E-state index contributed by atoms with van der Waals surface area (Å²) in [7, 11) is 4.02. The molecular formula is C16H23N3O2S. The Hall–Kier alpha value is -1.79. The predicted molar refractivity (Wildman–Crippen MR) is 89.1 cm³/mol. The Labute approximate surface area is 135 Å². The third-order valence-electron chi connectivity index (χ3n) is 3.49. The molecule has 0 fully saturated rings. The van der Waals surface area contributed by atoms with Gasteiger partial charge in [0.15, 0.2) is 0 Å². The summed E-state index contributed by atoms with van der Waals surface area (Å²) in [6.45, 7) is 4.35. The standard InChI is InChI=1S/C16H23N3O2S/c1-11-7-8-14(21-11)12(2)18-16(20)17-10-13(19(3)4)15-6-5-9-22-15/h5-9,12-13H,10H2,1-4H3,(H2,17,18,20). The van der Waals surface area contributed by atoms with E-state index in [2.05, 4.69) is 21.6 Å². The molecule has 2 atom stereocenters. The van der Waals surface area contributed by atoms with Crippen LogP contribution in [0.5, 0.6) is 0 Å². The van der Waals surface area contributed by atoms with Gasteiger partial charge in [0.2, 0.25) is 0 Å². The molecule has 22 heavy (non-hydrogen) atoms. The first-order valence-electron chi connectivity index (χ1n) is 7.28. The lowest BCUT2D eigenvalue weighted by Crippen LogP contribution is -2.41. The second-order valence-corrected chi connectivity index (χ2v) is 6.50. The van der Waals surface area contributed by atoms with Gasteiger partial charge in [-0.3, -0.25) is 0 Å². The third-order valence-corrected chi connectivity index (χ3v) is 4.46. The molecule has 0 aliphatic rings. The van der Waals surface area contributed by atoms with Crippen molar-refractivity contribution in [3.8, 4) is 0 Å². The molecule has 2 heterocycles. The third kappa shape index (κ3) is 4.35. The summed E-state index contributed by atoms with van der Waals surface area (Å²) in [5, 5.41) is 7.87. The van der Waals surface area contributed by atoms with Gasteiger partial charge in [0, 0.05) is 11.4 Å². The van der Waals surface area contributed by atoms with Gasteiger partial charge in [0.25, 0.3) is 0 Å². The highest BCUT2D eigenvalue weighted by atomic mass is 32.1. The molecule has 2 rings (SSSR count). The monoisotopic (exact) mass is 321 g/mol. The highest BCUT2D eigenvalue weighted by molar-refractivity contribution is 7.10. The van der Waals surface area contributed by atoms with Crippen molar-refractivity contribution in [1.29, 1.82) is 0 Å². The number of likely N-dealkylation sites (N-methyl/N-ethyl adjacent to an activating group) is 1. The number of nitrogens with zero attached hydrogens (tertiary/aromatic N) is 1. The zero-order valence-electron chi connectivity index (χ0n) is 13.4. The lowest BCUT2D eigenvalue weighted by atomic mass is 10.2. The van der Waals surface area contributed by atoms with Crippen LogP contribution < -0.4 is 10.6 Å². The van der Waals surface area contributed by atoms with Gasteiger partial charge in [-0.1, -0.05) is 6.07 Å². The van der Waals surface area contributed by atoms with E-state index in [1.54, 1.807) is 11.3 Å². The van der Waals surface area contributed by atoms with E-state index < -0.39 is 0 Å². The first-order valence-corrected chi connectivity index (χ1v) is 8.16. The minimum absolute atomic E-state index is 0.159. The molecule has 0 radical (unpaired) electrons. The normalized spacial score (nSPS) is 13.9. The fourth-order valence-electron chi connectivity index (χ4n) is 2.21. The van der Waals surface area contributed by atoms with Crippen molar-refractivity contribution in [1.82, 2.24) is 15.5 Å². The van der Waals surface area contributed by atoms with Gasteiger partial charge in [0.1, 0.15) is 11.5 Å². The number of thiophene rings is 1. The number of hydrogen-bond donors (Lipinski definition) is 2. The van der Waals surface area contributed by atoms with Gasteiger partial charge in [-0.15, -0.1) is 11.3 Å². The number of carbonyl (C=O) groups is 1. The molecule has 2 aromatic heterocycles. The van der Waals surface area contributed by atoms with Crippen LogP contribution in [0.2, 0.25) is 0 Å². The van der Waals surface area contributed by atoms with E-state index in [1.165, 1.54) is 4.88 Å². The SMILES string of the molecule is Cc1ccc(C(C)NC(=O)NCC(c2cccs2)N(C)C)o1. The second kappa shape index (κ2) is 7.47. The molecule has 0 spiro atoms. The van der Waals surface area contributed by atoms with E-state index >= 15 is 0 Å². The molecular weight excluding hydrogens is 298 g/mol. The fourth-order valence-corrected chi connectivity index (χ4v) is 3.14. The molecule has 120 valence electrons. The Morgan fingerprint density at radius 2 is 2.14 bits per heavy atom. The molecule has 0 saturated carbocycles. The zero-order valence-corrected chi connectivity index (χ0v) is 14.2. The quantitative estimate of drug-likeness (QED) is 0.858. The predicted octanol–water partition coefficient (Wildman–Crippen LogP) is 3.31. The zero-order chi connectivity index (χ0) is 16.1. The lowest BCUT2D eigenvalue weighted by Gasteiger charge is -2.24. The van der Waals surface area contributed by atoms with Gasteiger partial charge in [-0.25, -0.2) is 4.79 Å². The maximum absolute atomic E-state index is 12.1. The number of nitrogens with one attached hydrogen (secondary N) is 2. The highest BCUT2D eigenvalue weighted by Crippen LogP contribution is 2.22. The average Bonchev–Trinajstić information content (AvgIpc) is 3.10. The van der Waals surface area contributed by atoms with Crippen LogP contribution in [-0.4, -0.2) is 31.6 Å². The summed E-state index contributed by atoms with van der Waals surface area (Å²) in [5.74, 6) is 1.60. The van der Waals surface area contributed by atoms with Crippen LogP contribution in [-0.2, 0) is 0 Å². The number of aryl methyl sites for hydroxylation is 1. The molecule has 0 saturated heterocycles. The van der Waals surface area contributed by atoms with Gasteiger partial charge >= 0.3 is 6.03 Å². The first kappa shape index (κ1) is 16.6. The molecule has 6 heteroatoms. The second-order valence-electron chi connectivity index (χ2n) is 5.52. The van der Waals surface area contributed by atoms with Crippen molar-refractivity contribution in [2.24, 2.45) is 0 Å². The molecule has 2 aromatic rings. The van der Waals surface area contributed by atoms with Crippen LogP contribution in [0.4, 0.5) is 4.79 Å². The van der Waals surface area contributed by atoms with E-state index in [0.717, 1.165) is 11.5 Å². The Morgan fingerprint density at radius 3 is 2.68 bits per heavy atom. The summed E-state index contributed by atoms with van der Waals surface area (Å²) in [4.78, 5) is 15.4. The molecule has 2 N–H and O–H groups in total. The maximum Gasteiger partial charge on any atom is 0.315 e. The number of hydrogen-bond acceptors (Lipinski definition) is 4. The van der Waals surface area contributed by atoms with Gasteiger partial charge in [0.05, 0.1) is 12.1 Å². The largest absolute Gasteiger partial charge is 0.464 e. The number of furan rings is 1. The molecule has 0 aliphatic heterocycles. The average molecular weight is 321 g/mol. The molecule has 5 nitrogen and oxygen atoms in total. The lowest BCUT2D eigenvalue weighted by molar-refractivity contribution is 0.229. The number of amides is 2. The topological polar surface area (TPSA) is 57.5 Å². The van der Waals surface area contributed by atoms with Crippen molar-refractivity contribution in [3.05, 3.63) is 46.0 Å². The van der Waals surface area contributed by atoms with E-state index in [1.807, 2.05) is 51.5 Å². The summed E-state index contributed by atoms with van der Waals surface area (Å²) in [6, 6.07) is 7.71. The molecule has 2 unspecified atom stereocenters. The van der Waals surface area contributed by atoms with Gasteiger partial charge in [-0.2, -0.15) is 0 Å². The van der Waals surface area contributed by atoms with Gasteiger partial charge < -0.3 is 20.0 Å². The van der Waals surface area contributed by atoms with Crippen molar-refractivity contribution < 1.29 is 9.21 Å². The minimum atomic E-state index is -0.190. The van der Waals surface area contributed by atoms with Crippen LogP contribution in [0.1, 0.15) is 35.4 Å². The fraction of sp³-hybridized carbons (Fsp3) is 0.438. The van der Waals surface area contributed by atoms with Crippen molar-refractivity contribution in [2.45, 2.75) is 25.9 Å². The van der Waals surface area contributed by atoms with Crippen molar-refractivity contribution >= 4 is 17.4 Å². The van der Waals surface area contributed by atoms with E-state index in [0.29, 0.717) is 6.54 Å². The number of carbonyl (C=O) groups excluding carboxylic acids is 1. The number of rotatable bonds is 6. The Morgan fingerprint density at radius 1 is 1.36 bits per heavy atom. The molecule has 2 amide bonds. The van der Waals surface area contributed by atoms with Crippen molar-refractivity contribution in [3.63, 3.8) is 0 Å². The van der Waals surface area contributed by atoms with Crippen LogP contribution in [0.25, 0.3) is 0 Å². The van der Waals surface area contributed by atoms with Crippen LogP contribution in [0.15, 0.2) is 34.1 Å². The van der Waals surface area contributed by atoms with Crippen LogP contribution >= 0.6 is 11.3 Å². The molecule has 0 bridgehead atoms. The maximum atomic E-state index is 12.1. The summed E-state index contributed by atoms with van der Waals surface area (Å²) >= 11 is 1.70. The minimum Gasteiger partial charge on any atom is -0.464 e. The first-order chi connectivity index (χ1) is 10.5. The Balaban J connectivity index is 1.86. The Bertz CT molecular complexity index is 592. The van der Waals surface area contributed by atoms with Gasteiger partial charge in [-0.05, 0) is 51.5 Å². The summed E-state index contributed by atoms with van der Waals surface area (Å²) in [6.07, 6.45) is 0. The van der Waals surface area contributed by atoms with Crippen LogP contribution in [0, 0.1) is 6.92 Å². The van der Waals surface area contributed by atoms with E-state index in [9.17, 15) is 4.79 Å². The van der Waals surface area contributed by atoms with E-state index in [-0.39, 0.29) is 18.1 Å². The van der Waals surface area contributed by atoms with Crippen LogP contribution in [0.3, 0.4) is 0 Å². The van der Waals surface area contributed by atoms with Crippen molar-refractivity contribution in [2.75, 3.05) is 20.6 Å². The molecule has 0 aliphatic carbocycles. The Kier molecular flexibility index (Phi) is 5.63. The van der Waals surface area contributed by atoms with E-state index in [4.69, 9.17) is 4.42 Å². The smallest absolute Gasteiger partial charge is 0.315 e. The summed E-state index contributed by atoms with van der Waals surface area (Å²) < 4.78 is 5.52. The summed E-state index contributed by atoms with van der Waals surface area (Å²) in [5.41, 5.74) is 0. The highest BCUT2D eigenvalue weighted by Gasteiger charge is 2.17. The number of urea groups is 1. The molecule has 0 aromatic carbocycles.